The highest BCUT2D eigenvalue weighted by Gasteiger charge is 2.39. The van der Waals surface area contributed by atoms with E-state index in [0.717, 1.165) is 17.7 Å². The van der Waals surface area contributed by atoms with Crippen molar-refractivity contribution in [2.75, 3.05) is 39.9 Å². The van der Waals surface area contributed by atoms with E-state index in [1.165, 1.54) is 0 Å². The summed E-state index contributed by atoms with van der Waals surface area (Å²) >= 11 is 0. The minimum Gasteiger partial charge on any atom is -0.495 e. The number of carbonyl (C=O) groups excluding carboxylic acids is 2. The third-order valence-electron chi connectivity index (χ3n) is 5.55. The molecule has 0 unspecified atom stereocenters. The predicted molar refractivity (Wildman–Crippen MR) is 99.4 cm³/mol. The second-order valence-corrected chi connectivity index (χ2v) is 7.44. The third-order valence-corrected chi connectivity index (χ3v) is 5.55. The molecule has 0 radical (unpaired) electrons. The summed E-state index contributed by atoms with van der Waals surface area (Å²) in [4.78, 5) is 28.0. The third kappa shape index (κ3) is 3.79. The highest BCUT2D eigenvalue weighted by atomic mass is 16.5. The fraction of sp³-hybridized carbons (Fsp3) is 0.524. The number of methoxy groups -OCH3 is 1. The fourth-order valence-electron chi connectivity index (χ4n) is 4.00. The van der Waals surface area contributed by atoms with Crippen LogP contribution < -0.4 is 4.74 Å². The first kappa shape index (κ1) is 17.9. The number of hydrogen-bond donors (Lipinski definition) is 0. The van der Waals surface area contributed by atoms with Crippen molar-refractivity contribution in [1.82, 2.24) is 9.80 Å². The number of urea groups is 1. The van der Waals surface area contributed by atoms with Gasteiger partial charge in [-0.25, -0.2) is 4.79 Å². The van der Waals surface area contributed by atoms with Crippen molar-refractivity contribution in [1.29, 1.82) is 0 Å². The summed E-state index contributed by atoms with van der Waals surface area (Å²) in [6.07, 6.45) is 1.47. The Labute approximate surface area is 159 Å². The average molecular weight is 368 g/mol. The molecule has 0 aromatic heterocycles. The van der Waals surface area contributed by atoms with E-state index >= 15 is 0 Å². The Kier molecular flexibility index (Phi) is 5.04. The van der Waals surface area contributed by atoms with Crippen LogP contribution in [0.1, 0.15) is 18.4 Å². The minimum absolute atomic E-state index is 0.0572. The van der Waals surface area contributed by atoms with E-state index in [1.807, 2.05) is 34.1 Å². The van der Waals surface area contributed by atoms with Gasteiger partial charge in [-0.15, -0.1) is 0 Å². The maximum atomic E-state index is 12.7. The average Bonchev–Trinajstić information content (AvgIpc) is 2.66. The van der Waals surface area contributed by atoms with E-state index in [1.54, 1.807) is 7.11 Å². The van der Waals surface area contributed by atoms with Crippen molar-refractivity contribution in [3.05, 3.63) is 29.8 Å². The van der Waals surface area contributed by atoms with Gasteiger partial charge in [0.15, 0.2) is 5.78 Å². The molecule has 2 atom stereocenters. The summed E-state index contributed by atoms with van der Waals surface area (Å²) < 4.78 is 10.9. The lowest BCUT2D eigenvalue weighted by Gasteiger charge is -2.45. The van der Waals surface area contributed by atoms with Gasteiger partial charge in [0.1, 0.15) is 12.4 Å². The number of hydrogen-bond acceptors (Lipinski definition) is 4. The highest BCUT2D eigenvalue weighted by molar-refractivity contribution is 5.81. The number of amides is 2. The van der Waals surface area contributed by atoms with Gasteiger partial charge in [0.2, 0.25) is 0 Å². The van der Waals surface area contributed by atoms with E-state index in [9.17, 15) is 9.59 Å². The first-order valence-corrected chi connectivity index (χ1v) is 9.45. The Bertz CT molecular complexity index is 791. The fourth-order valence-corrected chi connectivity index (χ4v) is 4.00. The number of Topliss-reactive ketones (excluding diaryl/α,β-unsaturated/α-hetero) is 1. The second-order valence-electron chi connectivity index (χ2n) is 7.44. The summed E-state index contributed by atoms with van der Waals surface area (Å²) in [6, 6.07) is 7.74. The Morgan fingerprint density at radius 1 is 1.22 bits per heavy atom. The standard InChI is InChI=1S/C21H24N2O4/c1-26-19-5-3-2-4-16(19)7-6-15-11-23(12-15)21(25)22-9-8-20-17(13-22)10-18(24)14-27-20/h2-5,15,17,20H,8-14H2,1H3/t17-,20+/m1/s1. The molecule has 3 heterocycles. The van der Waals surface area contributed by atoms with Crippen molar-refractivity contribution in [2.24, 2.45) is 11.8 Å². The quantitative estimate of drug-likeness (QED) is 0.709. The van der Waals surface area contributed by atoms with Crippen molar-refractivity contribution in [3.63, 3.8) is 0 Å². The molecule has 0 aliphatic carbocycles. The highest BCUT2D eigenvalue weighted by Crippen LogP contribution is 2.28. The number of fused-ring (bicyclic) bond motifs is 1. The number of piperidine rings is 1. The maximum absolute atomic E-state index is 12.7. The van der Waals surface area contributed by atoms with Crippen molar-refractivity contribution in [2.45, 2.75) is 18.9 Å². The second kappa shape index (κ2) is 7.61. The van der Waals surface area contributed by atoms with Crippen molar-refractivity contribution in [3.8, 4) is 17.6 Å². The number of nitrogens with zero attached hydrogens (tertiary/aromatic N) is 2. The first-order valence-electron chi connectivity index (χ1n) is 9.45. The zero-order chi connectivity index (χ0) is 18.8. The predicted octanol–water partition coefficient (Wildman–Crippen LogP) is 1.78. The summed E-state index contributed by atoms with van der Waals surface area (Å²) in [6.45, 7) is 2.85. The molecule has 1 aromatic carbocycles. The molecule has 3 aliphatic heterocycles. The van der Waals surface area contributed by atoms with Crippen LogP contribution in [0.3, 0.4) is 0 Å². The normalized spacial score (nSPS) is 25.1. The lowest BCUT2D eigenvalue weighted by molar-refractivity contribution is -0.140. The molecule has 6 heteroatoms. The van der Waals surface area contributed by atoms with Crippen LogP contribution in [-0.2, 0) is 9.53 Å². The molecular weight excluding hydrogens is 344 g/mol. The molecule has 0 saturated carbocycles. The molecule has 142 valence electrons. The van der Waals surface area contributed by atoms with Crippen LogP contribution in [0.25, 0.3) is 0 Å². The largest absolute Gasteiger partial charge is 0.495 e. The smallest absolute Gasteiger partial charge is 0.320 e. The molecule has 0 N–H and O–H groups in total. The van der Waals surface area contributed by atoms with Gasteiger partial charge >= 0.3 is 6.03 Å². The van der Waals surface area contributed by atoms with Gasteiger partial charge in [0.25, 0.3) is 0 Å². The van der Waals surface area contributed by atoms with Gasteiger partial charge in [-0.1, -0.05) is 24.0 Å². The molecule has 2 amide bonds. The minimum atomic E-state index is 0.0572. The van der Waals surface area contributed by atoms with Gasteiger partial charge in [-0.3, -0.25) is 4.79 Å². The van der Waals surface area contributed by atoms with Crippen LogP contribution in [0.2, 0.25) is 0 Å². The summed E-state index contributed by atoms with van der Waals surface area (Å²) in [5.41, 5.74) is 0.869. The molecule has 1 aromatic rings. The number of likely N-dealkylation sites (tertiary alicyclic amines) is 2. The van der Waals surface area contributed by atoms with Gasteiger partial charge in [0.05, 0.1) is 24.7 Å². The molecule has 3 saturated heterocycles. The van der Waals surface area contributed by atoms with Crippen LogP contribution in [0, 0.1) is 23.7 Å². The number of para-hydroxylation sites is 1. The van der Waals surface area contributed by atoms with Crippen LogP contribution in [0.15, 0.2) is 24.3 Å². The Morgan fingerprint density at radius 2 is 2.04 bits per heavy atom. The van der Waals surface area contributed by atoms with E-state index in [0.29, 0.717) is 32.6 Å². The number of benzene rings is 1. The Morgan fingerprint density at radius 3 is 2.85 bits per heavy atom. The molecule has 27 heavy (non-hydrogen) atoms. The molecule has 4 rings (SSSR count). The summed E-state index contributed by atoms with van der Waals surface area (Å²) in [7, 11) is 1.64. The van der Waals surface area contributed by atoms with E-state index < -0.39 is 0 Å². The lowest BCUT2D eigenvalue weighted by Crippen LogP contribution is -2.58. The Hall–Kier alpha value is -2.52. The molecule has 0 bridgehead atoms. The number of rotatable bonds is 1. The Balaban J connectivity index is 1.30. The molecule has 3 fully saturated rings. The topological polar surface area (TPSA) is 59.1 Å². The van der Waals surface area contributed by atoms with E-state index in [4.69, 9.17) is 9.47 Å². The van der Waals surface area contributed by atoms with Crippen LogP contribution in [0.5, 0.6) is 5.75 Å². The lowest BCUT2D eigenvalue weighted by atomic mass is 9.88. The summed E-state index contributed by atoms with van der Waals surface area (Å²) in [5, 5.41) is 0. The number of ketones is 1. The summed E-state index contributed by atoms with van der Waals surface area (Å²) in [5.74, 6) is 7.65. The van der Waals surface area contributed by atoms with Gasteiger partial charge in [-0.2, -0.15) is 0 Å². The zero-order valence-electron chi connectivity index (χ0n) is 15.5. The van der Waals surface area contributed by atoms with Crippen molar-refractivity contribution >= 4 is 11.8 Å². The maximum Gasteiger partial charge on any atom is 0.320 e. The SMILES string of the molecule is COc1ccccc1C#CC1CN(C(=O)N2CC[C@@H]3OCC(=O)C[C@@H]3C2)C1. The molecule has 3 aliphatic rings. The van der Waals surface area contributed by atoms with Crippen LogP contribution in [-0.4, -0.2) is 67.6 Å². The van der Waals surface area contributed by atoms with Gasteiger partial charge in [0, 0.05) is 38.5 Å². The number of ether oxygens (including phenoxy) is 2. The first-order chi connectivity index (χ1) is 13.1. The monoisotopic (exact) mass is 368 g/mol. The van der Waals surface area contributed by atoms with Crippen molar-refractivity contribution < 1.29 is 19.1 Å². The molecule has 6 nitrogen and oxygen atoms in total. The van der Waals surface area contributed by atoms with E-state index in [2.05, 4.69) is 11.8 Å². The van der Waals surface area contributed by atoms with Crippen LogP contribution >= 0.6 is 0 Å². The van der Waals surface area contributed by atoms with Gasteiger partial charge in [-0.05, 0) is 18.6 Å². The van der Waals surface area contributed by atoms with Gasteiger partial charge < -0.3 is 19.3 Å². The zero-order valence-corrected chi connectivity index (χ0v) is 15.5. The molecular formula is C21H24N2O4. The molecule has 0 spiro atoms. The number of carbonyl (C=O) groups is 2. The van der Waals surface area contributed by atoms with E-state index in [-0.39, 0.29) is 36.4 Å². The van der Waals surface area contributed by atoms with Crippen LogP contribution in [0.4, 0.5) is 4.79 Å².